The lowest BCUT2D eigenvalue weighted by molar-refractivity contribution is -0.147. The summed E-state index contributed by atoms with van der Waals surface area (Å²) in [5, 5.41) is 18.8. The van der Waals surface area contributed by atoms with Crippen molar-refractivity contribution < 1.29 is 33.1 Å². The summed E-state index contributed by atoms with van der Waals surface area (Å²) in [4.78, 5) is 41.5. The van der Waals surface area contributed by atoms with Gasteiger partial charge in [0.15, 0.2) is 0 Å². The highest BCUT2D eigenvalue weighted by Gasteiger charge is 2.36. The number of aliphatic carboxylic acids is 1. The quantitative estimate of drug-likeness (QED) is 0.361. The average Bonchev–Trinajstić information content (AvgIpc) is 3.24. The standard InChI is InChI=1S/C27H29FN4O6/c1-14-21(30-25(33)18-9-4-5-10-19(18)26(34)35)12-13-22(29-14)24-23(15(2)32-38-24)31-27(36)37-16(3)17-8-6-7-11-20(17)28/h6-8,11-13,16,18-19H,4-5,9-10H2,1-3H3,(H,30,33)(H,31,36)(H,34,35)/t16-,18?,19?/m1/s1. The van der Waals surface area contributed by atoms with Gasteiger partial charge in [-0.2, -0.15) is 0 Å². The number of nitrogens with zero attached hydrogens (tertiary/aromatic N) is 2. The van der Waals surface area contributed by atoms with Gasteiger partial charge in [-0.05, 0) is 51.8 Å². The van der Waals surface area contributed by atoms with Crippen LogP contribution in [0.3, 0.4) is 0 Å². The maximum atomic E-state index is 14.0. The second kappa shape index (κ2) is 11.4. The van der Waals surface area contributed by atoms with E-state index in [-0.39, 0.29) is 22.9 Å². The number of benzene rings is 1. The van der Waals surface area contributed by atoms with E-state index in [1.807, 2.05) is 0 Å². The molecule has 2 aromatic heterocycles. The van der Waals surface area contributed by atoms with Crippen LogP contribution in [0.1, 0.15) is 55.7 Å². The van der Waals surface area contributed by atoms with E-state index in [0.29, 0.717) is 35.6 Å². The van der Waals surface area contributed by atoms with E-state index >= 15 is 0 Å². The Labute approximate surface area is 218 Å². The van der Waals surface area contributed by atoms with E-state index in [4.69, 9.17) is 9.26 Å². The molecule has 3 N–H and O–H groups in total. The molecule has 3 aromatic rings. The number of carbonyl (C=O) groups excluding carboxylic acids is 2. The van der Waals surface area contributed by atoms with E-state index in [1.165, 1.54) is 12.1 Å². The summed E-state index contributed by atoms with van der Waals surface area (Å²) < 4.78 is 24.8. The Hall–Kier alpha value is -4.28. The van der Waals surface area contributed by atoms with E-state index in [1.54, 1.807) is 45.0 Å². The number of carboxylic acids is 1. The third-order valence-electron chi connectivity index (χ3n) is 6.71. The fraction of sp³-hybridized carbons (Fsp3) is 0.370. The van der Waals surface area contributed by atoms with Gasteiger partial charge in [0, 0.05) is 5.56 Å². The smallest absolute Gasteiger partial charge is 0.412 e. The van der Waals surface area contributed by atoms with Gasteiger partial charge in [0.25, 0.3) is 0 Å². The number of anilines is 2. The largest absolute Gasteiger partial charge is 0.481 e. The maximum Gasteiger partial charge on any atom is 0.412 e. The molecule has 2 unspecified atom stereocenters. The molecular formula is C27H29FN4O6. The van der Waals surface area contributed by atoms with Crippen LogP contribution < -0.4 is 10.6 Å². The molecule has 0 bridgehead atoms. The highest BCUT2D eigenvalue weighted by atomic mass is 19.1. The first-order valence-corrected chi connectivity index (χ1v) is 12.4. The topological polar surface area (TPSA) is 144 Å². The number of amides is 2. The van der Waals surface area contributed by atoms with Gasteiger partial charge < -0.3 is 19.7 Å². The highest BCUT2D eigenvalue weighted by molar-refractivity contribution is 5.96. The molecule has 0 aliphatic heterocycles. The van der Waals surface area contributed by atoms with E-state index < -0.39 is 35.8 Å². The summed E-state index contributed by atoms with van der Waals surface area (Å²) in [6.07, 6.45) is 0.929. The molecule has 1 aliphatic rings. The molecule has 1 fully saturated rings. The van der Waals surface area contributed by atoms with Crippen LogP contribution in [0.5, 0.6) is 0 Å². The zero-order valence-electron chi connectivity index (χ0n) is 21.3. The monoisotopic (exact) mass is 524 g/mol. The number of pyridine rings is 1. The first kappa shape index (κ1) is 26.8. The fourth-order valence-electron chi connectivity index (χ4n) is 4.64. The molecule has 0 saturated heterocycles. The van der Waals surface area contributed by atoms with Crippen molar-refractivity contribution in [1.82, 2.24) is 10.1 Å². The third-order valence-corrected chi connectivity index (χ3v) is 6.71. The van der Waals surface area contributed by atoms with Gasteiger partial charge in [0.1, 0.15) is 29.0 Å². The number of aromatic nitrogens is 2. The van der Waals surface area contributed by atoms with Crippen molar-refractivity contribution in [1.29, 1.82) is 0 Å². The second-order valence-electron chi connectivity index (χ2n) is 9.32. The lowest BCUT2D eigenvalue weighted by Gasteiger charge is -2.27. The molecule has 1 aliphatic carbocycles. The number of carboxylic acid groups (broad SMARTS) is 1. The Morgan fingerprint density at radius 2 is 1.76 bits per heavy atom. The number of carbonyl (C=O) groups is 3. The van der Waals surface area contributed by atoms with Gasteiger partial charge >= 0.3 is 12.1 Å². The summed E-state index contributed by atoms with van der Waals surface area (Å²) in [6.45, 7) is 4.88. The minimum atomic E-state index is -0.961. The number of rotatable bonds is 7. The third kappa shape index (κ3) is 5.82. The number of nitrogens with one attached hydrogen (secondary N) is 2. The van der Waals surface area contributed by atoms with E-state index in [9.17, 15) is 23.9 Å². The van der Waals surface area contributed by atoms with E-state index in [0.717, 1.165) is 12.8 Å². The van der Waals surface area contributed by atoms with Gasteiger partial charge in [-0.25, -0.2) is 14.2 Å². The van der Waals surface area contributed by atoms with Crippen LogP contribution in [0.15, 0.2) is 40.9 Å². The first-order chi connectivity index (χ1) is 18.2. The summed E-state index contributed by atoms with van der Waals surface area (Å²) in [6, 6.07) is 9.25. The molecule has 1 saturated carbocycles. The Bertz CT molecular complexity index is 1360. The van der Waals surface area contributed by atoms with Crippen LogP contribution >= 0.6 is 0 Å². The number of hydrogen-bond donors (Lipinski definition) is 3. The summed E-state index contributed by atoms with van der Waals surface area (Å²) >= 11 is 0. The molecular weight excluding hydrogens is 495 g/mol. The molecule has 1 aromatic carbocycles. The molecule has 200 valence electrons. The van der Waals surface area contributed by atoms with Crippen LogP contribution in [-0.4, -0.2) is 33.2 Å². The Kier molecular flexibility index (Phi) is 8.04. The number of hydrogen-bond acceptors (Lipinski definition) is 7. The number of halogens is 1. The summed E-state index contributed by atoms with van der Waals surface area (Å²) in [5.74, 6) is -2.92. The zero-order valence-corrected chi connectivity index (χ0v) is 21.3. The molecule has 0 spiro atoms. The van der Waals surface area contributed by atoms with Crippen molar-refractivity contribution in [3.8, 4) is 11.5 Å². The molecule has 10 nitrogen and oxygen atoms in total. The van der Waals surface area contributed by atoms with Crippen LogP contribution in [0, 0.1) is 31.5 Å². The minimum Gasteiger partial charge on any atom is -0.481 e. The lowest BCUT2D eigenvalue weighted by Crippen LogP contribution is -2.36. The predicted molar refractivity (Wildman–Crippen MR) is 136 cm³/mol. The van der Waals surface area contributed by atoms with Crippen LogP contribution in [0.2, 0.25) is 0 Å². The van der Waals surface area contributed by atoms with Crippen LogP contribution in [0.25, 0.3) is 11.5 Å². The Balaban J connectivity index is 1.47. The van der Waals surface area contributed by atoms with Crippen molar-refractivity contribution in [2.24, 2.45) is 11.8 Å². The van der Waals surface area contributed by atoms with Crippen molar-refractivity contribution in [2.45, 2.75) is 52.6 Å². The molecule has 0 radical (unpaired) electrons. The Morgan fingerprint density at radius 3 is 2.45 bits per heavy atom. The summed E-state index contributed by atoms with van der Waals surface area (Å²) in [7, 11) is 0. The zero-order chi connectivity index (χ0) is 27.4. The van der Waals surface area contributed by atoms with Gasteiger partial charge in [-0.15, -0.1) is 0 Å². The van der Waals surface area contributed by atoms with Crippen molar-refractivity contribution in [3.05, 3.63) is 59.2 Å². The van der Waals surface area contributed by atoms with Gasteiger partial charge in [0.2, 0.25) is 11.7 Å². The minimum absolute atomic E-state index is 0.178. The van der Waals surface area contributed by atoms with Crippen molar-refractivity contribution in [2.75, 3.05) is 10.6 Å². The molecule has 38 heavy (non-hydrogen) atoms. The molecule has 3 atom stereocenters. The van der Waals surface area contributed by atoms with Gasteiger partial charge in [-0.1, -0.05) is 36.2 Å². The highest BCUT2D eigenvalue weighted by Crippen LogP contribution is 2.34. The molecule has 11 heteroatoms. The maximum absolute atomic E-state index is 14.0. The normalized spacial score (nSPS) is 17.9. The molecule has 2 heterocycles. The number of aryl methyl sites for hydroxylation is 2. The lowest BCUT2D eigenvalue weighted by atomic mass is 9.78. The van der Waals surface area contributed by atoms with Gasteiger partial charge in [0.05, 0.1) is 23.2 Å². The Morgan fingerprint density at radius 1 is 1.05 bits per heavy atom. The number of ether oxygens (including phenoxy) is 1. The first-order valence-electron chi connectivity index (χ1n) is 12.4. The predicted octanol–water partition coefficient (Wildman–Crippen LogP) is 5.63. The van der Waals surface area contributed by atoms with E-state index in [2.05, 4.69) is 20.8 Å². The van der Waals surface area contributed by atoms with Crippen molar-refractivity contribution >= 4 is 29.3 Å². The van der Waals surface area contributed by atoms with Gasteiger partial charge in [-0.3, -0.25) is 14.9 Å². The van der Waals surface area contributed by atoms with Crippen LogP contribution in [-0.2, 0) is 14.3 Å². The summed E-state index contributed by atoms with van der Waals surface area (Å²) in [5.41, 5.74) is 2.12. The molecule has 4 rings (SSSR count). The average molecular weight is 525 g/mol. The van der Waals surface area contributed by atoms with Crippen molar-refractivity contribution in [3.63, 3.8) is 0 Å². The SMILES string of the molecule is Cc1nc(-c2onc(C)c2NC(=O)O[C@H](C)c2ccccc2F)ccc1NC(=O)C1CCCCC1C(=O)O. The van der Waals surface area contributed by atoms with Crippen LogP contribution in [0.4, 0.5) is 20.6 Å². The molecule has 2 amide bonds. The second-order valence-corrected chi connectivity index (χ2v) is 9.32. The fourth-order valence-corrected chi connectivity index (χ4v) is 4.64.